The first-order chi connectivity index (χ1) is 6.69. The fraction of sp³-hybridized carbons (Fsp3) is 0.364. The minimum Gasteiger partial charge on any atom is -0.303 e. The number of aldehydes is 1. The zero-order chi connectivity index (χ0) is 10.6. The Kier molecular flexibility index (Phi) is 4.69. The highest BCUT2D eigenvalue weighted by Crippen LogP contribution is 2.31. The van der Waals surface area contributed by atoms with Gasteiger partial charge < -0.3 is 4.79 Å². The Morgan fingerprint density at radius 2 is 2.29 bits per heavy atom. The van der Waals surface area contributed by atoms with E-state index < -0.39 is 0 Å². The molecule has 0 aliphatic carbocycles. The average molecular weight is 273 g/mol. The molecule has 0 saturated heterocycles. The van der Waals surface area contributed by atoms with Crippen molar-refractivity contribution in [1.82, 2.24) is 0 Å². The fourth-order valence-corrected chi connectivity index (χ4v) is 2.44. The number of rotatable bonds is 4. The number of thioether (sulfide) groups is 1. The second kappa shape index (κ2) is 5.56. The molecular formula is C11H13BrOS. The molecule has 1 aromatic rings. The Labute approximate surface area is 97.4 Å². The Morgan fingerprint density at radius 3 is 2.86 bits per heavy atom. The summed E-state index contributed by atoms with van der Waals surface area (Å²) in [5.74, 6) is 0.299. The summed E-state index contributed by atoms with van der Waals surface area (Å²) in [6.07, 6.45) is 3.63. The molecule has 1 rings (SSSR count). The Morgan fingerprint density at radius 1 is 1.57 bits per heavy atom. The monoisotopic (exact) mass is 272 g/mol. The van der Waals surface area contributed by atoms with Gasteiger partial charge in [0, 0.05) is 15.8 Å². The predicted molar refractivity (Wildman–Crippen MR) is 65.0 cm³/mol. The van der Waals surface area contributed by atoms with Gasteiger partial charge in [-0.25, -0.2) is 0 Å². The molecule has 0 N–H and O–H groups in total. The van der Waals surface area contributed by atoms with Crippen molar-refractivity contribution in [3.8, 4) is 0 Å². The first kappa shape index (κ1) is 11.8. The molecular weight excluding hydrogens is 260 g/mol. The highest BCUT2D eigenvalue weighted by Gasteiger charge is 2.10. The lowest BCUT2D eigenvalue weighted by Crippen LogP contribution is -1.96. The minimum absolute atomic E-state index is 0.299. The quantitative estimate of drug-likeness (QED) is 0.612. The summed E-state index contributed by atoms with van der Waals surface area (Å²) in [7, 11) is 0. The van der Waals surface area contributed by atoms with Crippen LogP contribution in [-0.2, 0) is 4.79 Å². The van der Waals surface area contributed by atoms with E-state index in [4.69, 9.17) is 0 Å². The van der Waals surface area contributed by atoms with Crippen molar-refractivity contribution in [1.29, 1.82) is 0 Å². The van der Waals surface area contributed by atoms with Crippen molar-refractivity contribution in [2.75, 3.05) is 6.26 Å². The molecule has 1 atom stereocenters. The Bertz CT molecular complexity index is 325. The second-order valence-corrected chi connectivity index (χ2v) is 4.95. The van der Waals surface area contributed by atoms with Gasteiger partial charge in [0.2, 0.25) is 0 Å². The molecule has 14 heavy (non-hydrogen) atoms. The van der Waals surface area contributed by atoms with Crippen LogP contribution in [0.3, 0.4) is 0 Å². The van der Waals surface area contributed by atoms with E-state index in [0.717, 1.165) is 10.8 Å². The fourth-order valence-electron chi connectivity index (χ4n) is 1.36. The highest BCUT2D eigenvalue weighted by atomic mass is 79.9. The maximum atomic E-state index is 10.5. The minimum atomic E-state index is 0.299. The molecule has 0 heterocycles. The van der Waals surface area contributed by atoms with E-state index in [1.807, 2.05) is 6.07 Å². The molecule has 1 aromatic carbocycles. The van der Waals surface area contributed by atoms with Gasteiger partial charge in [-0.3, -0.25) is 0 Å². The molecule has 0 radical (unpaired) electrons. The molecule has 0 amide bonds. The van der Waals surface area contributed by atoms with Gasteiger partial charge in [-0.15, -0.1) is 11.8 Å². The third kappa shape index (κ3) is 2.85. The highest BCUT2D eigenvalue weighted by molar-refractivity contribution is 9.10. The molecule has 0 spiro atoms. The predicted octanol–water partition coefficient (Wildman–Crippen LogP) is 3.86. The molecule has 3 heteroatoms. The van der Waals surface area contributed by atoms with Crippen molar-refractivity contribution in [3.63, 3.8) is 0 Å². The van der Waals surface area contributed by atoms with Crippen LogP contribution in [0.4, 0.5) is 0 Å². The smallest absolute Gasteiger partial charge is 0.120 e. The molecule has 76 valence electrons. The molecule has 0 aliphatic heterocycles. The van der Waals surface area contributed by atoms with Gasteiger partial charge >= 0.3 is 0 Å². The van der Waals surface area contributed by atoms with Crippen LogP contribution in [0.1, 0.15) is 24.8 Å². The van der Waals surface area contributed by atoms with Crippen molar-refractivity contribution in [3.05, 3.63) is 28.2 Å². The third-order valence-corrected chi connectivity index (χ3v) is 3.48. The average Bonchev–Trinajstić information content (AvgIpc) is 2.18. The number of hydrogen-bond donors (Lipinski definition) is 0. The molecule has 0 aromatic heterocycles. The summed E-state index contributed by atoms with van der Waals surface area (Å²) in [6.45, 7) is 2.08. The zero-order valence-electron chi connectivity index (χ0n) is 8.29. The lowest BCUT2D eigenvalue weighted by atomic mass is 9.99. The SMILES string of the molecule is CSc1ccc(Br)cc1C(C)CC=O. The van der Waals surface area contributed by atoms with Gasteiger partial charge in [0.15, 0.2) is 0 Å². The normalized spacial score (nSPS) is 12.5. The molecule has 0 fully saturated rings. The van der Waals surface area contributed by atoms with Crippen molar-refractivity contribution in [2.45, 2.75) is 24.2 Å². The van der Waals surface area contributed by atoms with E-state index in [1.165, 1.54) is 10.5 Å². The molecule has 1 nitrogen and oxygen atoms in total. The zero-order valence-corrected chi connectivity index (χ0v) is 10.7. The van der Waals surface area contributed by atoms with Gasteiger partial charge in [0.25, 0.3) is 0 Å². The lowest BCUT2D eigenvalue weighted by Gasteiger charge is -2.13. The first-order valence-electron chi connectivity index (χ1n) is 4.46. The summed E-state index contributed by atoms with van der Waals surface area (Å²) < 4.78 is 1.07. The van der Waals surface area contributed by atoms with Crippen molar-refractivity contribution >= 4 is 34.0 Å². The van der Waals surface area contributed by atoms with Crippen LogP contribution in [0.2, 0.25) is 0 Å². The van der Waals surface area contributed by atoms with E-state index in [-0.39, 0.29) is 0 Å². The van der Waals surface area contributed by atoms with E-state index in [2.05, 4.69) is 41.2 Å². The largest absolute Gasteiger partial charge is 0.303 e. The van der Waals surface area contributed by atoms with Gasteiger partial charge in [-0.05, 0) is 35.9 Å². The molecule has 0 saturated carbocycles. The summed E-state index contributed by atoms with van der Waals surface area (Å²) in [4.78, 5) is 11.7. The Balaban J connectivity index is 3.02. The van der Waals surface area contributed by atoms with Gasteiger partial charge in [0.1, 0.15) is 6.29 Å². The number of hydrogen-bond acceptors (Lipinski definition) is 2. The second-order valence-electron chi connectivity index (χ2n) is 3.19. The maximum Gasteiger partial charge on any atom is 0.120 e. The van der Waals surface area contributed by atoms with Crippen LogP contribution < -0.4 is 0 Å². The van der Waals surface area contributed by atoms with Crippen molar-refractivity contribution < 1.29 is 4.79 Å². The van der Waals surface area contributed by atoms with Gasteiger partial charge in [0.05, 0.1) is 0 Å². The summed E-state index contributed by atoms with van der Waals surface area (Å²) >= 11 is 5.17. The van der Waals surface area contributed by atoms with E-state index in [0.29, 0.717) is 12.3 Å². The number of carbonyl (C=O) groups excluding carboxylic acids is 1. The number of benzene rings is 1. The van der Waals surface area contributed by atoms with E-state index >= 15 is 0 Å². The molecule has 0 aliphatic rings. The standard InChI is InChI=1S/C11H13BrOS/c1-8(5-6-13)10-7-9(12)3-4-11(10)14-2/h3-4,6-8H,5H2,1-2H3. The topological polar surface area (TPSA) is 17.1 Å². The van der Waals surface area contributed by atoms with E-state index in [1.54, 1.807) is 11.8 Å². The van der Waals surface area contributed by atoms with Crippen LogP contribution in [-0.4, -0.2) is 12.5 Å². The third-order valence-electron chi connectivity index (χ3n) is 2.17. The van der Waals surface area contributed by atoms with Gasteiger partial charge in [-0.2, -0.15) is 0 Å². The van der Waals surface area contributed by atoms with Crippen LogP contribution in [0, 0.1) is 0 Å². The number of halogens is 1. The van der Waals surface area contributed by atoms with Crippen LogP contribution in [0.25, 0.3) is 0 Å². The van der Waals surface area contributed by atoms with Crippen LogP contribution in [0.5, 0.6) is 0 Å². The Hall–Kier alpha value is -0.280. The van der Waals surface area contributed by atoms with Crippen LogP contribution >= 0.6 is 27.7 Å². The number of carbonyl (C=O) groups is 1. The van der Waals surface area contributed by atoms with E-state index in [9.17, 15) is 4.79 Å². The summed E-state index contributed by atoms with van der Waals surface area (Å²) in [6, 6.07) is 6.22. The van der Waals surface area contributed by atoms with Crippen LogP contribution in [0.15, 0.2) is 27.6 Å². The summed E-state index contributed by atoms with van der Waals surface area (Å²) in [5.41, 5.74) is 1.25. The first-order valence-corrected chi connectivity index (χ1v) is 6.48. The maximum absolute atomic E-state index is 10.5. The van der Waals surface area contributed by atoms with Crippen molar-refractivity contribution in [2.24, 2.45) is 0 Å². The van der Waals surface area contributed by atoms with Gasteiger partial charge in [-0.1, -0.05) is 22.9 Å². The summed E-state index contributed by atoms with van der Waals surface area (Å²) in [5, 5.41) is 0. The lowest BCUT2D eigenvalue weighted by molar-refractivity contribution is -0.108. The molecule has 1 unspecified atom stereocenters. The molecule has 0 bridgehead atoms.